The summed E-state index contributed by atoms with van der Waals surface area (Å²) in [4.78, 5) is 2.39. The molecule has 1 atom stereocenters. The van der Waals surface area contributed by atoms with Gasteiger partial charge in [-0.15, -0.1) is 10.2 Å². The smallest absolute Gasteiger partial charge is 0.147 e. The molecule has 2 heterocycles. The summed E-state index contributed by atoms with van der Waals surface area (Å²) in [5.74, 6) is 1.05. The first-order valence-corrected chi connectivity index (χ1v) is 6.62. The van der Waals surface area contributed by atoms with E-state index in [1.165, 1.54) is 0 Å². The molecule has 18 heavy (non-hydrogen) atoms. The second-order valence-electron chi connectivity index (χ2n) is 5.37. The number of fused-ring (bicyclic) bond motifs is 1. The Morgan fingerprint density at radius 2 is 2.28 bits per heavy atom. The summed E-state index contributed by atoms with van der Waals surface area (Å²) < 4.78 is 2.11. The van der Waals surface area contributed by atoms with Crippen molar-refractivity contribution in [1.29, 1.82) is 0 Å². The van der Waals surface area contributed by atoms with Crippen molar-refractivity contribution in [3.63, 3.8) is 0 Å². The molecule has 0 fully saturated rings. The number of aromatic nitrogens is 3. The van der Waals surface area contributed by atoms with E-state index in [2.05, 4.69) is 19.7 Å². The van der Waals surface area contributed by atoms with Gasteiger partial charge < -0.3 is 15.4 Å². The molecule has 6 heteroatoms. The Kier molecular flexibility index (Phi) is 4.31. The van der Waals surface area contributed by atoms with Gasteiger partial charge in [-0.25, -0.2) is 0 Å². The van der Waals surface area contributed by atoms with Crippen molar-refractivity contribution >= 4 is 0 Å². The third kappa shape index (κ3) is 3.51. The quantitative estimate of drug-likeness (QED) is 0.696. The molecule has 1 aromatic heterocycles. The minimum absolute atomic E-state index is 0.333. The molecule has 1 aliphatic rings. The summed E-state index contributed by atoms with van der Waals surface area (Å²) in [6.07, 6.45) is 4.66. The zero-order valence-corrected chi connectivity index (χ0v) is 11.0. The molecule has 0 aliphatic carbocycles. The van der Waals surface area contributed by atoms with Crippen LogP contribution < -0.4 is 5.73 Å². The zero-order chi connectivity index (χ0) is 13.0. The largest absolute Gasteiger partial charge is 0.389 e. The molecular weight excluding hydrogens is 230 g/mol. The van der Waals surface area contributed by atoms with Gasteiger partial charge in [0.05, 0.1) is 12.1 Å². The van der Waals surface area contributed by atoms with Gasteiger partial charge in [0.2, 0.25) is 0 Å². The lowest BCUT2D eigenvalue weighted by Gasteiger charge is -2.27. The second-order valence-corrected chi connectivity index (χ2v) is 5.37. The number of rotatable bonds is 6. The third-order valence-electron chi connectivity index (χ3n) is 3.60. The molecule has 0 spiro atoms. The zero-order valence-electron chi connectivity index (χ0n) is 11.0. The van der Waals surface area contributed by atoms with Crippen LogP contribution >= 0.6 is 0 Å². The Labute approximate surface area is 108 Å². The van der Waals surface area contributed by atoms with E-state index in [1.54, 1.807) is 13.3 Å². The molecule has 1 aliphatic heterocycles. The van der Waals surface area contributed by atoms with Gasteiger partial charge in [-0.2, -0.15) is 0 Å². The average Bonchev–Trinajstić information content (AvgIpc) is 2.82. The van der Waals surface area contributed by atoms with Gasteiger partial charge in [0, 0.05) is 19.6 Å². The van der Waals surface area contributed by atoms with Crippen molar-refractivity contribution in [2.24, 2.45) is 5.73 Å². The lowest BCUT2D eigenvalue weighted by Crippen LogP contribution is -2.35. The highest BCUT2D eigenvalue weighted by Gasteiger charge is 2.19. The molecule has 0 bridgehead atoms. The van der Waals surface area contributed by atoms with Crippen molar-refractivity contribution in [1.82, 2.24) is 19.7 Å². The molecule has 1 unspecified atom stereocenters. The predicted molar refractivity (Wildman–Crippen MR) is 68.8 cm³/mol. The molecule has 2 rings (SSSR count). The maximum absolute atomic E-state index is 9.80. The van der Waals surface area contributed by atoms with Crippen molar-refractivity contribution in [3.05, 3.63) is 12.2 Å². The fourth-order valence-corrected chi connectivity index (χ4v) is 2.25. The Hall–Kier alpha value is -0.980. The molecule has 6 nitrogen and oxygen atoms in total. The molecule has 1 aromatic rings. The summed E-state index contributed by atoms with van der Waals surface area (Å²) in [6, 6.07) is 0. The maximum atomic E-state index is 9.80. The van der Waals surface area contributed by atoms with Crippen LogP contribution in [0.5, 0.6) is 0 Å². The lowest BCUT2D eigenvalue weighted by atomic mass is 9.99. The summed E-state index contributed by atoms with van der Waals surface area (Å²) in [6.45, 7) is 6.10. The summed E-state index contributed by atoms with van der Waals surface area (Å²) in [7, 11) is 0. The monoisotopic (exact) mass is 253 g/mol. The molecular formula is C12H23N5O. The summed E-state index contributed by atoms with van der Waals surface area (Å²) >= 11 is 0. The van der Waals surface area contributed by atoms with Gasteiger partial charge in [-0.3, -0.25) is 4.90 Å². The van der Waals surface area contributed by atoms with Gasteiger partial charge in [-0.05, 0) is 32.7 Å². The summed E-state index contributed by atoms with van der Waals surface area (Å²) in [5, 5.41) is 17.8. The van der Waals surface area contributed by atoms with E-state index >= 15 is 0 Å². The standard InChI is InChI=1S/C12H23N5O/c1-12(18,9-13)4-2-3-5-16-6-7-17-10-14-15-11(17)8-16/h10,18H,2-9,13H2,1H3. The highest BCUT2D eigenvalue weighted by Crippen LogP contribution is 2.14. The Balaban J connectivity index is 1.67. The molecule has 3 N–H and O–H groups in total. The highest BCUT2D eigenvalue weighted by molar-refractivity contribution is 4.89. The molecule has 0 saturated carbocycles. The van der Waals surface area contributed by atoms with E-state index in [4.69, 9.17) is 5.73 Å². The Morgan fingerprint density at radius 1 is 1.44 bits per heavy atom. The fraction of sp³-hybridized carbons (Fsp3) is 0.833. The average molecular weight is 253 g/mol. The molecule has 0 amide bonds. The van der Waals surface area contributed by atoms with Crippen LogP contribution in [-0.4, -0.2) is 50.0 Å². The van der Waals surface area contributed by atoms with Crippen LogP contribution in [0.1, 0.15) is 32.0 Å². The van der Waals surface area contributed by atoms with Gasteiger partial charge >= 0.3 is 0 Å². The van der Waals surface area contributed by atoms with Crippen LogP contribution in [0.15, 0.2) is 6.33 Å². The van der Waals surface area contributed by atoms with Crippen molar-refractivity contribution in [2.45, 2.75) is 44.9 Å². The molecule has 0 aromatic carbocycles. The van der Waals surface area contributed by atoms with Gasteiger partial charge in [0.25, 0.3) is 0 Å². The van der Waals surface area contributed by atoms with E-state index in [0.29, 0.717) is 6.54 Å². The van der Waals surface area contributed by atoms with Gasteiger partial charge in [0.15, 0.2) is 0 Å². The maximum Gasteiger partial charge on any atom is 0.147 e. The topological polar surface area (TPSA) is 80.2 Å². The number of nitrogens with two attached hydrogens (primary N) is 1. The number of aliphatic hydroxyl groups is 1. The Morgan fingerprint density at radius 3 is 3.06 bits per heavy atom. The SMILES string of the molecule is CC(O)(CN)CCCCN1CCn2cnnc2C1. The van der Waals surface area contributed by atoms with E-state index in [-0.39, 0.29) is 0 Å². The van der Waals surface area contributed by atoms with E-state index in [0.717, 1.165) is 51.3 Å². The molecule has 0 radical (unpaired) electrons. The number of unbranched alkanes of at least 4 members (excludes halogenated alkanes) is 1. The third-order valence-corrected chi connectivity index (χ3v) is 3.60. The second kappa shape index (κ2) is 5.77. The lowest BCUT2D eigenvalue weighted by molar-refractivity contribution is 0.0560. The number of hydrogen-bond acceptors (Lipinski definition) is 5. The first-order valence-electron chi connectivity index (χ1n) is 6.62. The van der Waals surface area contributed by atoms with Crippen LogP contribution in [-0.2, 0) is 13.1 Å². The molecule has 102 valence electrons. The number of hydrogen-bond donors (Lipinski definition) is 2. The first kappa shape index (κ1) is 13.5. The minimum atomic E-state index is -0.706. The van der Waals surface area contributed by atoms with Crippen LogP contribution in [0.3, 0.4) is 0 Å². The predicted octanol–water partition coefficient (Wildman–Crippen LogP) is -0.0263. The van der Waals surface area contributed by atoms with Crippen LogP contribution in [0.2, 0.25) is 0 Å². The Bertz CT molecular complexity index is 376. The van der Waals surface area contributed by atoms with Crippen molar-refractivity contribution in [3.8, 4) is 0 Å². The summed E-state index contributed by atoms with van der Waals surface area (Å²) in [5.41, 5.74) is 4.79. The number of nitrogens with zero attached hydrogens (tertiary/aromatic N) is 4. The van der Waals surface area contributed by atoms with E-state index in [9.17, 15) is 5.11 Å². The highest BCUT2D eigenvalue weighted by atomic mass is 16.3. The minimum Gasteiger partial charge on any atom is -0.389 e. The van der Waals surface area contributed by atoms with Gasteiger partial charge in [-0.1, -0.05) is 0 Å². The van der Waals surface area contributed by atoms with Crippen LogP contribution in [0.4, 0.5) is 0 Å². The first-order chi connectivity index (χ1) is 8.61. The van der Waals surface area contributed by atoms with E-state index in [1.807, 2.05) is 0 Å². The van der Waals surface area contributed by atoms with Gasteiger partial charge in [0.1, 0.15) is 12.2 Å². The van der Waals surface area contributed by atoms with Crippen LogP contribution in [0.25, 0.3) is 0 Å². The van der Waals surface area contributed by atoms with Crippen molar-refractivity contribution < 1.29 is 5.11 Å². The van der Waals surface area contributed by atoms with Crippen molar-refractivity contribution in [2.75, 3.05) is 19.6 Å². The molecule has 0 saturated heterocycles. The van der Waals surface area contributed by atoms with Crippen LogP contribution in [0, 0.1) is 0 Å². The van der Waals surface area contributed by atoms with E-state index < -0.39 is 5.60 Å². The fourth-order valence-electron chi connectivity index (χ4n) is 2.25. The normalized spacial score (nSPS) is 19.5.